The van der Waals surface area contributed by atoms with Gasteiger partial charge in [-0.1, -0.05) is 17.7 Å². The van der Waals surface area contributed by atoms with Crippen molar-refractivity contribution in [1.82, 2.24) is 9.78 Å². The molecule has 1 aromatic heterocycles. The second-order valence-corrected chi connectivity index (χ2v) is 12.8. The number of esters is 1. The lowest BCUT2D eigenvalue weighted by atomic mass is 9.84. The van der Waals surface area contributed by atoms with Crippen molar-refractivity contribution in [3.05, 3.63) is 35.1 Å². The van der Waals surface area contributed by atoms with Crippen LogP contribution in [0.15, 0.2) is 29.3 Å². The minimum absolute atomic E-state index is 0.00224. The molecular weight excluding hydrogens is 579 g/mol. The molecule has 15 heteroatoms. The molecule has 0 saturated heterocycles. The number of carboxylic acids is 1. The predicted molar refractivity (Wildman–Crippen MR) is 139 cm³/mol. The summed E-state index contributed by atoms with van der Waals surface area (Å²) in [6, 6.07) is 3.12. The number of carboxylic acid groups (broad SMARTS) is 1. The molecule has 0 radical (unpaired) electrons. The molecule has 0 saturated carbocycles. The van der Waals surface area contributed by atoms with Gasteiger partial charge in [0.2, 0.25) is 5.60 Å². The van der Waals surface area contributed by atoms with Crippen LogP contribution >= 0.6 is 11.6 Å². The van der Waals surface area contributed by atoms with E-state index >= 15 is 0 Å². The first-order chi connectivity index (χ1) is 18.2. The van der Waals surface area contributed by atoms with E-state index in [0.29, 0.717) is 6.54 Å². The Balaban J connectivity index is 2.08. The van der Waals surface area contributed by atoms with Crippen molar-refractivity contribution in [1.29, 1.82) is 0 Å². The largest absolute Gasteiger partial charge is 0.486 e. The number of aryl methyl sites for hydroxylation is 1. The molecule has 222 valence electrons. The maximum atomic E-state index is 14.0. The van der Waals surface area contributed by atoms with Crippen LogP contribution in [0.2, 0.25) is 5.15 Å². The minimum atomic E-state index is -4.80. The first-order valence-corrected chi connectivity index (χ1v) is 14.1. The van der Waals surface area contributed by atoms with Gasteiger partial charge in [-0.2, -0.15) is 18.3 Å². The molecule has 1 aromatic carbocycles. The number of fused-ring (bicyclic) bond motifs is 1. The number of alkyl halides is 3. The van der Waals surface area contributed by atoms with E-state index in [2.05, 4.69) is 9.84 Å². The van der Waals surface area contributed by atoms with Crippen molar-refractivity contribution in [3.63, 3.8) is 0 Å². The summed E-state index contributed by atoms with van der Waals surface area (Å²) < 4.78 is 80.6. The fourth-order valence-corrected chi connectivity index (χ4v) is 6.23. The Morgan fingerprint density at radius 2 is 1.82 bits per heavy atom. The van der Waals surface area contributed by atoms with Gasteiger partial charge < -0.3 is 14.6 Å². The van der Waals surface area contributed by atoms with E-state index in [-0.39, 0.29) is 33.5 Å². The molecule has 0 aliphatic carbocycles. The molecule has 2 aromatic rings. The quantitative estimate of drug-likeness (QED) is 0.401. The van der Waals surface area contributed by atoms with Crippen molar-refractivity contribution < 1.29 is 45.8 Å². The lowest BCUT2D eigenvalue weighted by Gasteiger charge is -2.42. The summed E-state index contributed by atoms with van der Waals surface area (Å²) in [5.74, 6) is -2.21. The molecule has 2 heterocycles. The van der Waals surface area contributed by atoms with Crippen LogP contribution in [0.1, 0.15) is 53.5 Å². The first kappa shape index (κ1) is 31.5. The predicted octanol–water partition coefficient (Wildman–Crippen LogP) is 4.83. The number of aliphatic carboxylic acids is 1. The van der Waals surface area contributed by atoms with Crippen LogP contribution in [-0.2, 0) is 37.3 Å². The number of aromatic nitrogens is 2. The second kappa shape index (κ2) is 10.8. The molecule has 1 aliphatic rings. The van der Waals surface area contributed by atoms with Gasteiger partial charge >= 0.3 is 18.1 Å². The van der Waals surface area contributed by atoms with Crippen molar-refractivity contribution in [2.75, 3.05) is 4.31 Å². The van der Waals surface area contributed by atoms with Crippen LogP contribution in [-0.4, -0.2) is 59.2 Å². The number of ether oxygens (including phenoxy) is 2. The Morgan fingerprint density at radius 3 is 2.35 bits per heavy atom. The van der Waals surface area contributed by atoms with E-state index in [1.807, 2.05) is 0 Å². The molecule has 0 amide bonds. The highest BCUT2D eigenvalue weighted by atomic mass is 35.5. The fraction of sp³-hybridized carbons (Fsp3) is 0.560. The number of benzene rings is 1. The van der Waals surface area contributed by atoms with Gasteiger partial charge in [0.25, 0.3) is 10.0 Å². The summed E-state index contributed by atoms with van der Waals surface area (Å²) in [5.41, 5.74) is -3.84. The van der Waals surface area contributed by atoms with Gasteiger partial charge in [-0.15, -0.1) is 0 Å². The average Bonchev–Trinajstić information content (AvgIpc) is 3.20. The zero-order valence-corrected chi connectivity index (χ0v) is 24.3. The summed E-state index contributed by atoms with van der Waals surface area (Å²) >= 11 is 6.19. The molecule has 0 unspecified atom stereocenters. The molecule has 40 heavy (non-hydrogen) atoms. The zero-order chi connectivity index (χ0) is 30.4. The number of nitrogens with zero attached hydrogens (tertiary/aromatic N) is 3. The summed E-state index contributed by atoms with van der Waals surface area (Å²) in [7, 11) is -4.42. The maximum Gasteiger partial charge on any atom is 0.427 e. The minimum Gasteiger partial charge on any atom is -0.486 e. The van der Waals surface area contributed by atoms with E-state index in [1.165, 1.54) is 49.8 Å². The highest BCUT2D eigenvalue weighted by Crippen LogP contribution is 2.44. The van der Waals surface area contributed by atoms with Crippen molar-refractivity contribution in [2.45, 2.75) is 89.7 Å². The molecule has 1 N–H and O–H groups in total. The lowest BCUT2D eigenvalue weighted by Crippen LogP contribution is -2.52. The SMILES string of the molecule is CCn1cc(S(=O)(=O)N2c3cc(CC(=O)OC(C)(C)C(F)(F)F)ccc3O[C@H](CC(C)(C)C(=O)O)[C@@H]2C)c(Cl)n1. The highest BCUT2D eigenvalue weighted by molar-refractivity contribution is 7.93. The van der Waals surface area contributed by atoms with Crippen LogP contribution < -0.4 is 9.04 Å². The van der Waals surface area contributed by atoms with E-state index in [9.17, 15) is 36.3 Å². The number of hydrogen-bond acceptors (Lipinski definition) is 7. The van der Waals surface area contributed by atoms with E-state index in [4.69, 9.17) is 16.3 Å². The third-order valence-electron chi connectivity index (χ3n) is 6.68. The number of carbonyl (C=O) groups is 2. The van der Waals surface area contributed by atoms with Gasteiger partial charge in [0, 0.05) is 19.2 Å². The summed E-state index contributed by atoms with van der Waals surface area (Å²) in [4.78, 5) is 23.9. The third kappa shape index (κ3) is 6.17. The Morgan fingerprint density at radius 1 is 1.20 bits per heavy atom. The summed E-state index contributed by atoms with van der Waals surface area (Å²) in [6.45, 7) is 8.02. The molecule has 10 nitrogen and oxygen atoms in total. The number of hydrogen-bond donors (Lipinski definition) is 1. The van der Waals surface area contributed by atoms with Gasteiger partial charge in [-0.05, 0) is 59.2 Å². The van der Waals surface area contributed by atoms with E-state index < -0.39 is 57.7 Å². The van der Waals surface area contributed by atoms with Gasteiger partial charge in [-0.25, -0.2) is 8.42 Å². The standard InChI is InChI=1S/C25H31ClF3N3O7S/c1-7-31-13-19(21(26)30-31)40(36,37)32-14(2)18(12-23(3,4)22(34)35)38-17-9-8-15(10-16(17)32)11-20(33)39-24(5,6)25(27,28)29/h8-10,13-14,18H,7,11-12H2,1-6H3,(H,34,35)/t14-,18+/m0/s1. The Labute approximate surface area is 235 Å². The van der Waals surface area contributed by atoms with Crippen LogP contribution in [0.5, 0.6) is 5.75 Å². The summed E-state index contributed by atoms with van der Waals surface area (Å²) in [5, 5.41) is 13.4. The average molecular weight is 610 g/mol. The smallest absolute Gasteiger partial charge is 0.427 e. The number of anilines is 1. The van der Waals surface area contributed by atoms with E-state index in [0.717, 1.165) is 18.2 Å². The molecule has 0 spiro atoms. The number of halogens is 4. The Bertz CT molecular complexity index is 1410. The van der Waals surface area contributed by atoms with Gasteiger partial charge in [0.1, 0.15) is 16.7 Å². The molecule has 0 fully saturated rings. The Kier molecular flexibility index (Phi) is 8.49. The van der Waals surface area contributed by atoms with Gasteiger partial charge in [-0.3, -0.25) is 18.6 Å². The van der Waals surface area contributed by atoms with Crippen molar-refractivity contribution in [2.24, 2.45) is 5.41 Å². The second-order valence-electron chi connectivity index (χ2n) is 10.7. The topological polar surface area (TPSA) is 128 Å². The van der Waals surface area contributed by atoms with Crippen LogP contribution in [0.4, 0.5) is 18.9 Å². The van der Waals surface area contributed by atoms with Gasteiger partial charge in [0.05, 0.1) is 23.6 Å². The number of rotatable bonds is 9. The lowest BCUT2D eigenvalue weighted by molar-refractivity contribution is -0.257. The normalized spacial score (nSPS) is 18.2. The molecule has 0 bridgehead atoms. The molecular formula is C25H31ClF3N3O7S. The molecule has 3 rings (SSSR count). The monoisotopic (exact) mass is 609 g/mol. The molecule has 1 aliphatic heterocycles. The molecule has 2 atom stereocenters. The maximum absolute atomic E-state index is 14.0. The van der Waals surface area contributed by atoms with Crippen LogP contribution in [0, 0.1) is 5.41 Å². The highest BCUT2D eigenvalue weighted by Gasteiger charge is 2.51. The number of sulfonamides is 1. The number of carbonyl (C=O) groups excluding carboxylic acids is 1. The fourth-order valence-electron chi connectivity index (χ4n) is 4.09. The van der Waals surface area contributed by atoms with Crippen LogP contribution in [0.3, 0.4) is 0 Å². The van der Waals surface area contributed by atoms with E-state index in [1.54, 1.807) is 6.92 Å². The summed E-state index contributed by atoms with van der Waals surface area (Å²) in [6.07, 6.45) is -5.09. The first-order valence-electron chi connectivity index (χ1n) is 12.3. The van der Waals surface area contributed by atoms with Crippen LogP contribution in [0.25, 0.3) is 0 Å². The third-order valence-corrected chi connectivity index (χ3v) is 8.98. The zero-order valence-electron chi connectivity index (χ0n) is 22.7. The Hall–Kier alpha value is -3.00. The van der Waals surface area contributed by atoms with Crippen molar-refractivity contribution >= 4 is 39.3 Å². The van der Waals surface area contributed by atoms with Crippen molar-refractivity contribution in [3.8, 4) is 5.75 Å². The van der Waals surface area contributed by atoms with Gasteiger partial charge in [0.15, 0.2) is 5.15 Å².